The zero-order valence-electron chi connectivity index (χ0n) is 11.8. The number of nitrogens with zero attached hydrogens (tertiary/aromatic N) is 1. The van der Waals surface area contributed by atoms with Gasteiger partial charge in [0.2, 0.25) is 6.79 Å². The standard InChI is InChI=1S/C16H15N3O2S/c1-2-13(22-5-1)9-17-7-12-8-18-19-16(12)11-3-4-14-15(6-11)21-10-20-14/h1-6,8,17H,7,9-10H2,(H,18,19). The Balaban J connectivity index is 1.50. The van der Waals surface area contributed by atoms with Crippen LogP contribution >= 0.6 is 11.3 Å². The van der Waals surface area contributed by atoms with Crippen molar-refractivity contribution < 1.29 is 9.47 Å². The van der Waals surface area contributed by atoms with Crippen molar-refractivity contribution in [1.29, 1.82) is 0 Å². The van der Waals surface area contributed by atoms with Crippen molar-refractivity contribution in [2.75, 3.05) is 6.79 Å². The molecule has 1 aromatic carbocycles. The van der Waals surface area contributed by atoms with Crippen LogP contribution in [-0.2, 0) is 13.1 Å². The molecular formula is C16H15N3O2S. The van der Waals surface area contributed by atoms with Gasteiger partial charge in [-0.15, -0.1) is 11.3 Å². The number of fused-ring (bicyclic) bond motifs is 1. The number of hydrogen-bond donors (Lipinski definition) is 2. The Hall–Kier alpha value is -2.31. The maximum absolute atomic E-state index is 5.44. The molecule has 5 nitrogen and oxygen atoms in total. The third-order valence-electron chi connectivity index (χ3n) is 3.57. The Morgan fingerprint density at radius 1 is 1.18 bits per heavy atom. The molecule has 0 bridgehead atoms. The van der Waals surface area contributed by atoms with Crippen molar-refractivity contribution in [3.05, 3.63) is 52.3 Å². The lowest BCUT2D eigenvalue weighted by Gasteiger charge is -2.06. The summed E-state index contributed by atoms with van der Waals surface area (Å²) in [5.41, 5.74) is 3.20. The van der Waals surface area contributed by atoms with E-state index in [9.17, 15) is 0 Å². The largest absolute Gasteiger partial charge is 0.454 e. The smallest absolute Gasteiger partial charge is 0.231 e. The SMILES string of the molecule is c1csc(CNCc2cn[nH]c2-c2ccc3c(c2)OCO3)c1. The summed E-state index contributed by atoms with van der Waals surface area (Å²) in [5, 5.41) is 12.8. The van der Waals surface area contributed by atoms with Crippen molar-refractivity contribution in [2.45, 2.75) is 13.1 Å². The van der Waals surface area contributed by atoms with Crippen molar-refractivity contribution in [3.8, 4) is 22.8 Å². The number of nitrogens with one attached hydrogen (secondary N) is 2. The normalized spacial score (nSPS) is 12.7. The molecule has 0 saturated heterocycles. The number of hydrogen-bond acceptors (Lipinski definition) is 5. The van der Waals surface area contributed by atoms with Gasteiger partial charge in [-0.2, -0.15) is 5.10 Å². The van der Waals surface area contributed by atoms with Crippen LogP contribution in [-0.4, -0.2) is 17.0 Å². The summed E-state index contributed by atoms with van der Waals surface area (Å²) in [4.78, 5) is 1.33. The molecule has 0 unspecified atom stereocenters. The van der Waals surface area contributed by atoms with E-state index in [1.54, 1.807) is 11.3 Å². The Morgan fingerprint density at radius 2 is 2.14 bits per heavy atom. The molecule has 2 aromatic heterocycles. The van der Waals surface area contributed by atoms with Gasteiger partial charge in [-0.3, -0.25) is 5.10 Å². The summed E-state index contributed by atoms with van der Waals surface area (Å²) in [6.07, 6.45) is 1.86. The quantitative estimate of drug-likeness (QED) is 0.759. The maximum atomic E-state index is 5.44. The highest BCUT2D eigenvalue weighted by Gasteiger charge is 2.16. The van der Waals surface area contributed by atoms with Crippen LogP contribution in [0.3, 0.4) is 0 Å². The van der Waals surface area contributed by atoms with E-state index in [4.69, 9.17) is 9.47 Å². The third kappa shape index (κ3) is 2.58. The topological polar surface area (TPSA) is 59.2 Å². The van der Waals surface area contributed by atoms with Crippen LogP contribution in [0.5, 0.6) is 11.5 Å². The second kappa shape index (κ2) is 5.82. The van der Waals surface area contributed by atoms with Gasteiger partial charge in [-0.05, 0) is 29.6 Å². The fraction of sp³-hybridized carbons (Fsp3) is 0.188. The van der Waals surface area contributed by atoms with Crippen LogP contribution < -0.4 is 14.8 Å². The molecule has 6 heteroatoms. The number of aromatic amines is 1. The Morgan fingerprint density at radius 3 is 3.05 bits per heavy atom. The van der Waals surface area contributed by atoms with Gasteiger partial charge in [0.1, 0.15) is 0 Å². The molecule has 3 aromatic rings. The van der Waals surface area contributed by atoms with Crippen LogP contribution in [0.2, 0.25) is 0 Å². The van der Waals surface area contributed by atoms with E-state index in [-0.39, 0.29) is 6.79 Å². The Kier molecular flexibility index (Phi) is 3.54. The Bertz CT molecular complexity index is 768. The van der Waals surface area contributed by atoms with Crippen LogP contribution in [0.15, 0.2) is 41.9 Å². The molecule has 3 heterocycles. The van der Waals surface area contributed by atoms with Crippen LogP contribution in [0, 0.1) is 0 Å². The first kappa shape index (κ1) is 13.4. The number of aromatic nitrogens is 2. The lowest BCUT2D eigenvalue weighted by molar-refractivity contribution is 0.174. The van der Waals surface area contributed by atoms with Crippen molar-refractivity contribution >= 4 is 11.3 Å². The zero-order chi connectivity index (χ0) is 14.8. The van der Waals surface area contributed by atoms with Gasteiger partial charge in [0.05, 0.1) is 11.9 Å². The second-order valence-corrected chi connectivity index (χ2v) is 6.05. The first-order valence-electron chi connectivity index (χ1n) is 7.05. The molecule has 0 fully saturated rings. The van der Waals surface area contributed by atoms with E-state index < -0.39 is 0 Å². The zero-order valence-corrected chi connectivity index (χ0v) is 12.7. The number of thiophene rings is 1. The van der Waals surface area contributed by atoms with Crippen molar-refractivity contribution in [1.82, 2.24) is 15.5 Å². The third-order valence-corrected chi connectivity index (χ3v) is 4.45. The van der Waals surface area contributed by atoms with Crippen molar-refractivity contribution in [3.63, 3.8) is 0 Å². The monoisotopic (exact) mass is 313 g/mol. The molecule has 0 saturated carbocycles. The molecule has 1 aliphatic rings. The van der Waals surface area contributed by atoms with Gasteiger partial charge >= 0.3 is 0 Å². The second-order valence-electron chi connectivity index (χ2n) is 5.02. The van der Waals surface area contributed by atoms with E-state index in [0.717, 1.165) is 41.4 Å². The summed E-state index contributed by atoms with van der Waals surface area (Å²) in [6.45, 7) is 1.92. The van der Waals surface area contributed by atoms with Gasteiger partial charge in [0.15, 0.2) is 11.5 Å². The van der Waals surface area contributed by atoms with E-state index in [1.165, 1.54) is 4.88 Å². The van der Waals surface area contributed by atoms with Crippen LogP contribution in [0.1, 0.15) is 10.4 Å². The molecule has 1 aliphatic heterocycles. The van der Waals surface area contributed by atoms with Gasteiger partial charge in [-0.1, -0.05) is 6.07 Å². The minimum atomic E-state index is 0.289. The first-order chi connectivity index (χ1) is 10.9. The van der Waals surface area contributed by atoms with Crippen molar-refractivity contribution in [2.24, 2.45) is 0 Å². The molecule has 0 aliphatic carbocycles. The minimum Gasteiger partial charge on any atom is -0.454 e. The van der Waals surface area contributed by atoms with E-state index >= 15 is 0 Å². The van der Waals surface area contributed by atoms with Gasteiger partial charge in [0, 0.05) is 29.1 Å². The average Bonchev–Trinajstić information content (AvgIpc) is 3.28. The lowest BCUT2D eigenvalue weighted by atomic mass is 10.1. The average molecular weight is 313 g/mol. The fourth-order valence-electron chi connectivity index (χ4n) is 2.48. The molecule has 22 heavy (non-hydrogen) atoms. The number of H-pyrrole nitrogens is 1. The molecular weight excluding hydrogens is 298 g/mol. The number of ether oxygens (including phenoxy) is 2. The van der Waals surface area contributed by atoms with Gasteiger partial charge in [0.25, 0.3) is 0 Å². The Labute approximate surface area is 131 Å². The molecule has 0 amide bonds. The van der Waals surface area contributed by atoms with E-state index in [1.807, 2.05) is 24.4 Å². The summed E-state index contributed by atoms with van der Waals surface area (Å²) >= 11 is 1.76. The van der Waals surface area contributed by atoms with Crippen LogP contribution in [0.4, 0.5) is 0 Å². The highest BCUT2D eigenvalue weighted by molar-refractivity contribution is 7.09. The van der Waals surface area contributed by atoms with E-state index in [2.05, 4.69) is 33.0 Å². The lowest BCUT2D eigenvalue weighted by Crippen LogP contribution is -2.11. The molecule has 2 N–H and O–H groups in total. The highest BCUT2D eigenvalue weighted by atomic mass is 32.1. The number of benzene rings is 1. The molecule has 0 spiro atoms. The van der Waals surface area contributed by atoms with Gasteiger partial charge in [-0.25, -0.2) is 0 Å². The predicted octanol–water partition coefficient (Wildman–Crippen LogP) is 3.16. The van der Waals surface area contributed by atoms with Gasteiger partial charge < -0.3 is 14.8 Å². The molecule has 0 radical (unpaired) electrons. The summed E-state index contributed by atoms with van der Waals surface area (Å²) in [6, 6.07) is 10.1. The first-order valence-corrected chi connectivity index (χ1v) is 7.93. The van der Waals surface area contributed by atoms with Crippen LogP contribution in [0.25, 0.3) is 11.3 Å². The highest BCUT2D eigenvalue weighted by Crippen LogP contribution is 2.36. The summed E-state index contributed by atoms with van der Waals surface area (Å²) < 4.78 is 10.8. The number of rotatable bonds is 5. The summed E-state index contributed by atoms with van der Waals surface area (Å²) in [5.74, 6) is 1.57. The molecule has 4 rings (SSSR count). The fourth-order valence-corrected chi connectivity index (χ4v) is 3.16. The molecule has 112 valence electrons. The predicted molar refractivity (Wildman–Crippen MR) is 85.0 cm³/mol. The molecule has 0 atom stereocenters. The maximum Gasteiger partial charge on any atom is 0.231 e. The summed E-state index contributed by atoms with van der Waals surface area (Å²) in [7, 11) is 0. The van der Waals surface area contributed by atoms with E-state index in [0.29, 0.717) is 0 Å². The minimum absolute atomic E-state index is 0.289.